The summed E-state index contributed by atoms with van der Waals surface area (Å²) >= 11 is 0. The third kappa shape index (κ3) is 3.71. The molecular weight excluding hydrogens is 223 g/mol. The zero-order chi connectivity index (χ0) is 13.0. The van der Waals surface area contributed by atoms with Crippen molar-refractivity contribution in [3.05, 3.63) is 29.6 Å². The fourth-order valence-electron chi connectivity index (χ4n) is 1.28. The molecule has 1 atom stereocenters. The molecule has 0 aliphatic heterocycles. The first-order chi connectivity index (χ1) is 7.91. The molecule has 0 saturated heterocycles. The standard InChI is InChI=1S/C12H17FN2O2/c1-8(14)10-6-9(13)4-5-11(10)17-7-12(16)15(2)3/h4-6,8H,7,14H2,1-3H3/t8-/m0/s1. The van der Waals surface area contributed by atoms with Gasteiger partial charge in [-0.2, -0.15) is 0 Å². The molecule has 0 radical (unpaired) electrons. The van der Waals surface area contributed by atoms with Crippen molar-refractivity contribution in [3.63, 3.8) is 0 Å². The zero-order valence-corrected chi connectivity index (χ0v) is 10.2. The van der Waals surface area contributed by atoms with Gasteiger partial charge in [-0.25, -0.2) is 4.39 Å². The number of rotatable bonds is 4. The van der Waals surface area contributed by atoms with E-state index in [1.807, 2.05) is 0 Å². The van der Waals surface area contributed by atoms with Crippen LogP contribution in [0.1, 0.15) is 18.5 Å². The van der Waals surface area contributed by atoms with Crippen molar-refractivity contribution < 1.29 is 13.9 Å². The van der Waals surface area contributed by atoms with Crippen molar-refractivity contribution in [1.82, 2.24) is 4.90 Å². The third-order valence-electron chi connectivity index (χ3n) is 2.31. The number of amides is 1. The molecule has 0 heterocycles. The van der Waals surface area contributed by atoms with Crippen molar-refractivity contribution in [2.45, 2.75) is 13.0 Å². The molecule has 5 heteroatoms. The molecule has 2 N–H and O–H groups in total. The SMILES string of the molecule is C[C@H](N)c1cc(F)ccc1OCC(=O)N(C)C. The lowest BCUT2D eigenvalue weighted by Gasteiger charge is -2.15. The number of nitrogens with two attached hydrogens (primary N) is 1. The molecule has 0 unspecified atom stereocenters. The first-order valence-electron chi connectivity index (χ1n) is 5.29. The third-order valence-corrected chi connectivity index (χ3v) is 2.31. The minimum Gasteiger partial charge on any atom is -0.483 e. The van der Waals surface area contributed by atoms with Crippen LogP contribution in [0.15, 0.2) is 18.2 Å². The highest BCUT2D eigenvalue weighted by molar-refractivity contribution is 5.77. The molecule has 0 aliphatic rings. The Hall–Kier alpha value is -1.62. The molecule has 4 nitrogen and oxygen atoms in total. The maximum Gasteiger partial charge on any atom is 0.259 e. The van der Waals surface area contributed by atoms with E-state index in [-0.39, 0.29) is 24.4 Å². The van der Waals surface area contributed by atoms with Crippen molar-refractivity contribution >= 4 is 5.91 Å². The average Bonchev–Trinajstić information content (AvgIpc) is 2.26. The Morgan fingerprint density at radius 1 is 1.53 bits per heavy atom. The molecule has 1 aromatic rings. The van der Waals surface area contributed by atoms with Crippen LogP contribution in [0.3, 0.4) is 0 Å². The van der Waals surface area contributed by atoms with Gasteiger partial charge in [0.2, 0.25) is 0 Å². The van der Waals surface area contributed by atoms with Crippen molar-refractivity contribution in [2.75, 3.05) is 20.7 Å². The number of benzene rings is 1. The van der Waals surface area contributed by atoms with Crippen LogP contribution >= 0.6 is 0 Å². The normalized spacial score (nSPS) is 12.1. The van der Waals surface area contributed by atoms with Gasteiger partial charge in [0.1, 0.15) is 11.6 Å². The lowest BCUT2D eigenvalue weighted by atomic mass is 10.1. The summed E-state index contributed by atoms with van der Waals surface area (Å²) in [5.74, 6) is -0.0925. The van der Waals surface area contributed by atoms with E-state index in [9.17, 15) is 9.18 Å². The highest BCUT2D eigenvalue weighted by Gasteiger charge is 2.11. The maximum atomic E-state index is 13.0. The minimum atomic E-state index is -0.372. The monoisotopic (exact) mass is 240 g/mol. The molecule has 0 fully saturated rings. The Morgan fingerprint density at radius 2 is 2.18 bits per heavy atom. The van der Waals surface area contributed by atoms with Gasteiger partial charge in [-0.15, -0.1) is 0 Å². The van der Waals surface area contributed by atoms with Crippen LogP contribution in [0.2, 0.25) is 0 Å². The molecule has 1 amide bonds. The summed E-state index contributed by atoms with van der Waals surface area (Å²) in [6.45, 7) is 1.65. The van der Waals surface area contributed by atoms with Gasteiger partial charge < -0.3 is 15.4 Å². The number of hydrogen-bond acceptors (Lipinski definition) is 3. The first-order valence-corrected chi connectivity index (χ1v) is 5.29. The van der Waals surface area contributed by atoms with Gasteiger partial charge in [-0.1, -0.05) is 0 Å². The molecule has 0 spiro atoms. The summed E-state index contributed by atoms with van der Waals surface area (Å²) in [4.78, 5) is 12.8. The van der Waals surface area contributed by atoms with Crippen LogP contribution in [-0.4, -0.2) is 31.5 Å². The predicted molar refractivity (Wildman–Crippen MR) is 63.2 cm³/mol. The van der Waals surface area contributed by atoms with E-state index in [4.69, 9.17) is 10.5 Å². The molecule has 0 saturated carbocycles. The Labute approximate surface area is 100 Å². The minimum absolute atomic E-state index is 0.0850. The second-order valence-electron chi connectivity index (χ2n) is 4.05. The van der Waals surface area contributed by atoms with E-state index in [1.54, 1.807) is 21.0 Å². The molecular formula is C12H17FN2O2. The van der Waals surface area contributed by atoms with Gasteiger partial charge in [0.15, 0.2) is 6.61 Å². The zero-order valence-electron chi connectivity index (χ0n) is 10.2. The molecule has 0 aliphatic carbocycles. The summed E-state index contributed by atoms with van der Waals surface area (Å²) in [5.41, 5.74) is 6.26. The van der Waals surface area contributed by atoms with Gasteiger partial charge >= 0.3 is 0 Å². The molecule has 1 aromatic carbocycles. The van der Waals surface area contributed by atoms with E-state index >= 15 is 0 Å². The number of ether oxygens (including phenoxy) is 1. The largest absolute Gasteiger partial charge is 0.483 e. The maximum absolute atomic E-state index is 13.0. The van der Waals surface area contributed by atoms with Crippen LogP contribution in [0.25, 0.3) is 0 Å². The molecule has 94 valence electrons. The average molecular weight is 240 g/mol. The first kappa shape index (κ1) is 13.4. The van der Waals surface area contributed by atoms with Crippen LogP contribution in [-0.2, 0) is 4.79 Å². The van der Waals surface area contributed by atoms with Crippen LogP contribution in [0.4, 0.5) is 4.39 Å². The quantitative estimate of drug-likeness (QED) is 0.863. The molecule has 0 bridgehead atoms. The van der Waals surface area contributed by atoms with Crippen molar-refractivity contribution in [1.29, 1.82) is 0 Å². The van der Waals surface area contributed by atoms with Crippen molar-refractivity contribution in [3.8, 4) is 5.75 Å². The predicted octanol–water partition coefficient (Wildman–Crippen LogP) is 1.31. The summed E-state index contributed by atoms with van der Waals surface area (Å²) in [5, 5.41) is 0. The number of halogens is 1. The number of hydrogen-bond donors (Lipinski definition) is 1. The van der Waals surface area contributed by atoms with Crippen LogP contribution < -0.4 is 10.5 Å². The van der Waals surface area contributed by atoms with Crippen molar-refractivity contribution in [2.24, 2.45) is 5.73 Å². The Balaban J connectivity index is 2.80. The molecule has 1 rings (SSSR count). The van der Waals surface area contributed by atoms with E-state index in [0.29, 0.717) is 11.3 Å². The fraction of sp³-hybridized carbons (Fsp3) is 0.417. The Morgan fingerprint density at radius 3 is 2.71 bits per heavy atom. The van der Waals surface area contributed by atoms with Gasteiger partial charge in [0, 0.05) is 25.7 Å². The highest BCUT2D eigenvalue weighted by Crippen LogP contribution is 2.24. The fourth-order valence-corrected chi connectivity index (χ4v) is 1.28. The van der Waals surface area contributed by atoms with Gasteiger partial charge in [0.25, 0.3) is 5.91 Å². The lowest BCUT2D eigenvalue weighted by molar-refractivity contribution is -0.130. The second-order valence-corrected chi connectivity index (χ2v) is 4.05. The molecule has 0 aromatic heterocycles. The Kier molecular flexibility index (Phi) is 4.45. The van der Waals surface area contributed by atoms with E-state index in [0.717, 1.165) is 0 Å². The van der Waals surface area contributed by atoms with E-state index in [2.05, 4.69) is 0 Å². The highest BCUT2D eigenvalue weighted by atomic mass is 19.1. The van der Waals surface area contributed by atoms with Crippen LogP contribution in [0.5, 0.6) is 5.75 Å². The van der Waals surface area contributed by atoms with Gasteiger partial charge in [-0.05, 0) is 25.1 Å². The smallest absolute Gasteiger partial charge is 0.259 e. The number of carbonyl (C=O) groups is 1. The lowest BCUT2D eigenvalue weighted by Crippen LogP contribution is -2.27. The van der Waals surface area contributed by atoms with E-state index < -0.39 is 0 Å². The van der Waals surface area contributed by atoms with Gasteiger partial charge in [0.05, 0.1) is 0 Å². The molecule has 17 heavy (non-hydrogen) atoms. The topological polar surface area (TPSA) is 55.6 Å². The summed E-state index contributed by atoms with van der Waals surface area (Å²) < 4.78 is 18.4. The Bertz CT molecular complexity index is 405. The van der Waals surface area contributed by atoms with Crippen LogP contribution in [0, 0.1) is 5.82 Å². The number of likely N-dealkylation sites (N-methyl/N-ethyl adjacent to an activating group) is 1. The summed E-state index contributed by atoms with van der Waals surface area (Å²) in [6.07, 6.45) is 0. The summed E-state index contributed by atoms with van der Waals surface area (Å²) in [7, 11) is 3.28. The summed E-state index contributed by atoms with van der Waals surface area (Å²) in [6, 6.07) is 3.73. The number of nitrogens with zero attached hydrogens (tertiary/aromatic N) is 1. The van der Waals surface area contributed by atoms with Gasteiger partial charge in [-0.3, -0.25) is 4.79 Å². The second kappa shape index (κ2) is 5.63. The van der Waals surface area contributed by atoms with E-state index in [1.165, 1.54) is 23.1 Å². The number of carbonyl (C=O) groups excluding carboxylic acids is 1.